The zero-order chi connectivity index (χ0) is 32.0. The van der Waals surface area contributed by atoms with Gasteiger partial charge in [0.2, 0.25) is 5.95 Å². The number of anilines is 2. The van der Waals surface area contributed by atoms with E-state index in [0.29, 0.717) is 0 Å². The van der Waals surface area contributed by atoms with Gasteiger partial charge in [-0.3, -0.25) is 4.79 Å². The molecule has 0 bridgehead atoms. The first-order valence-corrected chi connectivity index (χ1v) is 8.05. The van der Waals surface area contributed by atoms with E-state index in [1.165, 1.54) is 14.2 Å². The third kappa shape index (κ3) is 3.37. The number of benzene rings is 1. The van der Waals surface area contributed by atoms with Crippen LogP contribution < -0.4 is 20.1 Å². The van der Waals surface area contributed by atoms with E-state index in [1.807, 2.05) is 0 Å². The predicted octanol–water partition coefficient (Wildman–Crippen LogP) is 1.06. The second-order valence-electron chi connectivity index (χ2n) is 5.60. The van der Waals surface area contributed by atoms with Gasteiger partial charge in [-0.05, 0) is 18.8 Å². The van der Waals surface area contributed by atoms with Gasteiger partial charge in [-0.1, -0.05) is 0 Å². The molecule has 2 fully saturated rings. The number of nitrogens with zero attached hydrogens (tertiary/aromatic N) is 4. The summed E-state index contributed by atoms with van der Waals surface area (Å²) in [5.74, 6) is -3.10. The summed E-state index contributed by atoms with van der Waals surface area (Å²) in [7, 11) is 2.42. The Morgan fingerprint density at radius 2 is 2.07 bits per heavy atom. The van der Waals surface area contributed by atoms with Crippen molar-refractivity contribution in [1.29, 1.82) is 0 Å². The lowest BCUT2D eigenvalue weighted by molar-refractivity contribution is -0.141. The third-order valence-corrected chi connectivity index (χ3v) is 3.96. The lowest BCUT2D eigenvalue weighted by Gasteiger charge is -2.35. The smallest absolute Gasteiger partial charge is 0.251 e. The van der Waals surface area contributed by atoms with E-state index in [4.69, 9.17) is 33.5 Å². The normalized spacial score (nSPS) is 36.0. The molecule has 1 unspecified atom stereocenters. The molecule has 28 heavy (non-hydrogen) atoms. The largest absolute Gasteiger partial charge is 0.493 e. The molecule has 2 N–H and O–H groups in total. The molecule has 2 aromatic rings. The van der Waals surface area contributed by atoms with Crippen molar-refractivity contribution in [3.63, 3.8) is 0 Å². The fraction of sp³-hybridized carbons (Fsp3) is 0.526. The van der Waals surface area contributed by atoms with E-state index in [2.05, 4.69) is 9.97 Å². The van der Waals surface area contributed by atoms with E-state index in [0.717, 1.165) is 4.90 Å². The molecule has 1 aromatic heterocycles. The first-order valence-electron chi connectivity index (χ1n) is 14.9. The van der Waals surface area contributed by atoms with Gasteiger partial charge in [-0.25, -0.2) is 4.98 Å². The fourth-order valence-corrected chi connectivity index (χ4v) is 2.57. The van der Waals surface area contributed by atoms with Crippen molar-refractivity contribution in [2.24, 2.45) is 0 Å². The van der Waals surface area contributed by atoms with Crippen LogP contribution in [0.15, 0.2) is 12.1 Å². The number of carbonyl (C=O) groups excluding carboxylic acids is 1. The summed E-state index contributed by atoms with van der Waals surface area (Å²) < 4.78 is 129. The molecule has 2 aliphatic heterocycles. The molecule has 9 nitrogen and oxygen atoms in total. The Labute approximate surface area is 183 Å². The van der Waals surface area contributed by atoms with Gasteiger partial charge in [0.05, 0.1) is 30.7 Å². The van der Waals surface area contributed by atoms with Gasteiger partial charge in [0.15, 0.2) is 14.3 Å². The maximum Gasteiger partial charge on any atom is 0.251 e. The molecule has 0 saturated carbocycles. The molecular weight excluding hydrogens is 362 g/mol. The monoisotopic (exact) mass is 401 g/mol. The second kappa shape index (κ2) is 7.67. The maximum absolute atomic E-state index is 13.4. The SMILES string of the molecule is [2H]c1c(OC)c(OC)c([2H])c2c(N([2H])[2H])nc(N3CC([2H])([2H])N(C(=O)C4OC([2H])([2H])C([2H])([2H])C4([2H])[2H])C([2H])([2H])C3)nc12. The molecular formula is C19H25N5O4. The van der Waals surface area contributed by atoms with Gasteiger partial charge in [-0.2, -0.15) is 4.98 Å². The minimum absolute atomic E-state index is 0.0153. The molecule has 1 amide bonds. The average molecular weight is 402 g/mol. The quantitative estimate of drug-likeness (QED) is 0.793. The molecule has 150 valence electrons. The Bertz CT molecular complexity index is 1420. The predicted molar refractivity (Wildman–Crippen MR) is 105 cm³/mol. The van der Waals surface area contributed by atoms with Crippen molar-refractivity contribution in [2.75, 3.05) is 57.5 Å². The first-order chi connectivity index (χ1) is 19.1. The van der Waals surface area contributed by atoms with Crippen molar-refractivity contribution in [1.82, 2.24) is 14.9 Å². The van der Waals surface area contributed by atoms with Crippen LogP contribution in [0.25, 0.3) is 10.9 Å². The summed E-state index contributed by atoms with van der Waals surface area (Å²) in [4.78, 5) is 22.5. The third-order valence-electron chi connectivity index (χ3n) is 3.96. The minimum atomic E-state index is -3.34. The summed E-state index contributed by atoms with van der Waals surface area (Å²) in [6.07, 6.45) is -9.19. The lowest BCUT2D eigenvalue weighted by atomic mass is 10.2. The lowest BCUT2D eigenvalue weighted by Crippen LogP contribution is -2.51. The van der Waals surface area contributed by atoms with Crippen LogP contribution in [0.2, 0.25) is 2.82 Å². The number of aromatic nitrogens is 2. The Hall–Kier alpha value is -2.81. The molecule has 2 aliphatic rings. The molecule has 0 aliphatic carbocycles. The fourth-order valence-electron chi connectivity index (χ4n) is 2.57. The molecule has 0 radical (unpaired) electrons. The van der Waals surface area contributed by atoms with E-state index >= 15 is 0 Å². The highest BCUT2D eigenvalue weighted by molar-refractivity contribution is 5.91. The number of piperazine rings is 1. The highest BCUT2D eigenvalue weighted by Gasteiger charge is 2.31. The van der Waals surface area contributed by atoms with Crippen LogP contribution in [-0.4, -0.2) is 73.7 Å². The maximum atomic E-state index is 13.4. The summed E-state index contributed by atoms with van der Waals surface area (Å²) in [5.41, 5.74) is -0.291. The van der Waals surface area contributed by atoms with Crippen molar-refractivity contribution in [3.8, 4) is 11.5 Å². The van der Waals surface area contributed by atoms with Crippen LogP contribution in [0.5, 0.6) is 11.5 Å². The first kappa shape index (κ1) is 8.28. The standard InChI is InChI=1S/C19H25N5O4/c1-26-15-10-12-13(11-16(15)27-2)21-19(22-17(12)20)24-7-5-23(6-8-24)18(25)14-4-3-9-28-14/h10-11,14H,3-9H2,1-2H3,(H2,20,21,22)/i3D2,4D2,5D2,6D2,9D2,10D,11D/hD2. The number of fused-ring (bicyclic) bond motifs is 1. The minimum Gasteiger partial charge on any atom is -0.493 e. The molecule has 2 saturated heterocycles. The number of nitrogen functional groups attached to an aromatic ring is 1. The molecule has 0 spiro atoms. The van der Waals surface area contributed by atoms with Crippen molar-refractivity contribution in [3.05, 3.63) is 12.1 Å². The molecule has 1 atom stereocenters. The van der Waals surface area contributed by atoms with Crippen molar-refractivity contribution >= 4 is 28.6 Å². The van der Waals surface area contributed by atoms with Crippen molar-refractivity contribution in [2.45, 2.75) is 18.8 Å². The van der Waals surface area contributed by atoms with Crippen LogP contribution in [-0.2, 0) is 9.53 Å². The van der Waals surface area contributed by atoms with Crippen LogP contribution in [0.1, 0.15) is 29.2 Å². The second-order valence-corrected chi connectivity index (χ2v) is 5.60. The van der Waals surface area contributed by atoms with Gasteiger partial charge in [0.25, 0.3) is 5.91 Å². The van der Waals surface area contributed by atoms with Crippen LogP contribution in [0.4, 0.5) is 11.8 Å². The molecule has 3 heterocycles. The summed E-state index contributed by atoms with van der Waals surface area (Å²) in [6.45, 7) is -11.0. The number of rotatable bonds is 5. The Morgan fingerprint density at radius 3 is 2.71 bits per heavy atom. The number of hydrogen-bond acceptors (Lipinski definition) is 8. The number of nitrogens with two attached hydrogens (primary N) is 1. The van der Waals surface area contributed by atoms with E-state index in [9.17, 15) is 4.79 Å². The number of amides is 1. The zero-order valence-electron chi connectivity index (χ0n) is 28.9. The molecule has 4 rings (SSSR count). The van der Waals surface area contributed by atoms with Crippen LogP contribution in [0, 0.1) is 0 Å². The number of methoxy groups -OCH3 is 2. The highest BCUT2D eigenvalue weighted by atomic mass is 16.5. The number of carbonyl (C=O) groups is 1. The van der Waals surface area contributed by atoms with E-state index < -0.39 is 81.3 Å². The number of ether oxygens (including phenoxy) is 3. The molecule has 9 heteroatoms. The number of hydrogen-bond donors (Lipinski definition) is 1. The van der Waals surface area contributed by atoms with E-state index in [-0.39, 0.29) is 33.0 Å². The Kier molecular flexibility index (Phi) is 2.27. The van der Waals surface area contributed by atoms with Gasteiger partial charge < -0.3 is 29.7 Å². The Balaban J connectivity index is 1.81. The van der Waals surface area contributed by atoms with Gasteiger partial charge in [0.1, 0.15) is 11.9 Å². The van der Waals surface area contributed by atoms with Crippen LogP contribution >= 0.6 is 0 Å². The summed E-state index contributed by atoms with van der Waals surface area (Å²) in [6, 6.07) is -0.853. The highest BCUT2D eigenvalue weighted by Crippen LogP contribution is 2.34. The van der Waals surface area contributed by atoms with Crippen molar-refractivity contribution < 1.29 is 38.3 Å². The van der Waals surface area contributed by atoms with Crippen LogP contribution in [0.3, 0.4) is 0 Å². The summed E-state index contributed by atoms with van der Waals surface area (Å²) in [5, 5.41) is -0.254. The average Bonchev–Trinajstić information content (AvgIpc) is 2.98. The zero-order valence-corrected chi connectivity index (χ0v) is 14.9. The van der Waals surface area contributed by atoms with Gasteiger partial charge in [0, 0.05) is 49.6 Å². The van der Waals surface area contributed by atoms with Gasteiger partial charge in [-0.15, -0.1) is 0 Å². The van der Waals surface area contributed by atoms with E-state index in [1.54, 1.807) is 0 Å². The molecule has 1 aromatic carbocycles. The van der Waals surface area contributed by atoms with Gasteiger partial charge >= 0.3 is 0 Å². The topological polar surface area (TPSA) is 103 Å². The summed E-state index contributed by atoms with van der Waals surface area (Å²) >= 11 is 0. The Morgan fingerprint density at radius 1 is 1.32 bits per heavy atom.